The van der Waals surface area contributed by atoms with Gasteiger partial charge in [-0.3, -0.25) is 4.79 Å². The van der Waals surface area contributed by atoms with Crippen LogP contribution >= 0.6 is 0 Å². The molecule has 1 N–H and O–H groups in total. The van der Waals surface area contributed by atoms with Crippen molar-refractivity contribution < 1.29 is 18.7 Å². The van der Waals surface area contributed by atoms with Crippen LogP contribution in [0.4, 0.5) is 4.39 Å². The molecule has 0 aliphatic carbocycles. The van der Waals surface area contributed by atoms with E-state index in [0.717, 1.165) is 25.7 Å². The standard InChI is InChI=1S/C18H22FN5O3/c19-14-3-1-13(2-4-14)17-21-23-24(22-17)12-16(25)20-15-5-8-27-18(11-15)6-9-26-10-7-18/h1-4,15H,5-12H2,(H,20,25)/t15-/m0/s1. The molecule has 8 nitrogen and oxygen atoms in total. The maximum absolute atomic E-state index is 13.0. The highest BCUT2D eigenvalue weighted by Crippen LogP contribution is 2.34. The summed E-state index contributed by atoms with van der Waals surface area (Å²) in [5.74, 6) is -0.133. The van der Waals surface area contributed by atoms with E-state index >= 15 is 0 Å². The Bertz CT molecular complexity index is 783. The Balaban J connectivity index is 1.33. The molecule has 1 aromatic carbocycles. The highest BCUT2D eigenvalue weighted by Gasteiger charge is 2.39. The topological polar surface area (TPSA) is 91.2 Å². The molecule has 2 aliphatic heterocycles. The minimum atomic E-state index is -0.329. The Morgan fingerprint density at radius 3 is 2.81 bits per heavy atom. The predicted octanol–water partition coefficient (Wildman–Crippen LogP) is 1.32. The first kappa shape index (κ1) is 18.0. The predicted molar refractivity (Wildman–Crippen MR) is 93.1 cm³/mol. The number of hydrogen-bond donors (Lipinski definition) is 1. The molecular weight excluding hydrogens is 353 g/mol. The lowest BCUT2D eigenvalue weighted by Crippen LogP contribution is -2.51. The van der Waals surface area contributed by atoms with Gasteiger partial charge in [0, 0.05) is 31.4 Å². The number of nitrogens with zero attached hydrogens (tertiary/aromatic N) is 4. The van der Waals surface area contributed by atoms with Gasteiger partial charge in [-0.25, -0.2) is 4.39 Å². The Morgan fingerprint density at radius 1 is 1.26 bits per heavy atom. The van der Waals surface area contributed by atoms with E-state index in [1.54, 1.807) is 12.1 Å². The van der Waals surface area contributed by atoms with Gasteiger partial charge in [0.15, 0.2) is 0 Å². The van der Waals surface area contributed by atoms with E-state index in [2.05, 4.69) is 20.7 Å². The second-order valence-electron chi connectivity index (χ2n) is 7.05. The highest BCUT2D eigenvalue weighted by molar-refractivity contribution is 5.75. The number of aromatic nitrogens is 4. The molecule has 0 unspecified atom stereocenters. The highest BCUT2D eigenvalue weighted by atomic mass is 19.1. The van der Waals surface area contributed by atoms with Gasteiger partial charge in [0.1, 0.15) is 12.4 Å². The zero-order valence-electron chi connectivity index (χ0n) is 14.9. The SMILES string of the molecule is O=C(Cn1nnc(-c2ccc(F)cc2)n1)N[C@H]1CCOC2(CCOCC2)C1. The van der Waals surface area contributed by atoms with Crippen molar-refractivity contribution in [1.29, 1.82) is 0 Å². The Hall–Kier alpha value is -2.39. The number of hydrogen-bond acceptors (Lipinski definition) is 6. The van der Waals surface area contributed by atoms with Crippen molar-refractivity contribution in [3.8, 4) is 11.4 Å². The van der Waals surface area contributed by atoms with Gasteiger partial charge in [0.2, 0.25) is 11.7 Å². The van der Waals surface area contributed by atoms with Gasteiger partial charge < -0.3 is 14.8 Å². The fourth-order valence-corrected chi connectivity index (χ4v) is 3.67. The van der Waals surface area contributed by atoms with Crippen LogP contribution in [0.1, 0.15) is 25.7 Å². The van der Waals surface area contributed by atoms with Crippen molar-refractivity contribution in [2.24, 2.45) is 0 Å². The van der Waals surface area contributed by atoms with Crippen molar-refractivity contribution in [3.63, 3.8) is 0 Å². The third-order valence-electron chi connectivity index (χ3n) is 5.10. The molecule has 2 aliphatic rings. The van der Waals surface area contributed by atoms with E-state index in [9.17, 15) is 9.18 Å². The largest absolute Gasteiger partial charge is 0.381 e. The van der Waals surface area contributed by atoms with Crippen molar-refractivity contribution in [2.45, 2.75) is 43.9 Å². The van der Waals surface area contributed by atoms with E-state index in [0.29, 0.717) is 31.2 Å². The van der Waals surface area contributed by atoms with Crippen molar-refractivity contribution in [2.75, 3.05) is 19.8 Å². The molecule has 0 saturated carbocycles. The quantitative estimate of drug-likeness (QED) is 0.867. The van der Waals surface area contributed by atoms with Crippen molar-refractivity contribution in [3.05, 3.63) is 30.1 Å². The van der Waals surface area contributed by atoms with Gasteiger partial charge in [-0.15, -0.1) is 10.2 Å². The van der Waals surface area contributed by atoms with E-state index in [-0.39, 0.29) is 29.9 Å². The molecule has 1 spiro atoms. The van der Waals surface area contributed by atoms with E-state index in [1.807, 2.05) is 0 Å². The van der Waals surface area contributed by atoms with Crippen molar-refractivity contribution in [1.82, 2.24) is 25.5 Å². The Morgan fingerprint density at radius 2 is 2.04 bits per heavy atom. The summed E-state index contributed by atoms with van der Waals surface area (Å²) >= 11 is 0. The molecule has 0 radical (unpaired) electrons. The number of nitrogens with one attached hydrogen (secondary N) is 1. The molecule has 1 atom stereocenters. The summed E-state index contributed by atoms with van der Waals surface area (Å²) in [6.07, 6.45) is 3.32. The second kappa shape index (κ2) is 7.69. The lowest BCUT2D eigenvalue weighted by molar-refractivity contribution is -0.144. The molecule has 0 bridgehead atoms. The van der Waals surface area contributed by atoms with Crippen LogP contribution in [0, 0.1) is 5.82 Å². The average molecular weight is 375 g/mol. The summed E-state index contributed by atoms with van der Waals surface area (Å²) in [4.78, 5) is 13.6. The summed E-state index contributed by atoms with van der Waals surface area (Å²) in [5, 5.41) is 15.1. The summed E-state index contributed by atoms with van der Waals surface area (Å²) in [6.45, 7) is 2.04. The van der Waals surface area contributed by atoms with Gasteiger partial charge in [0.25, 0.3) is 0 Å². The van der Waals surface area contributed by atoms with Gasteiger partial charge >= 0.3 is 0 Å². The molecule has 4 rings (SSSR count). The first-order valence-electron chi connectivity index (χ1n) is 9.17. The number of carbonyl (C=O) groups is 1. The third-order valence-corrected chi connectivity index (χ3v) is 5.10. The van der Waals surface area contributed by atoms with Crippen LogP contribution in [0.15, 0.2) is 24.3 Å². The minimum absolute atomic E-state index is 0.0122. The molecule has 3 heterocycles. The van der Waals surface area contributed by atoms with Gasteiger partial charge in [0.05, 0.1) is 5.60 Å². The number of carbonyl (C=O) groups excluding carboxylic acids is 1. The monoisotopic (exact) mass is 375 g/mol. The number of benzene rings is 1. The summed E-state index contributed by atoms with van der Waals surface area (Å²) in [5.41, 5.74) is 0.476. The lowest BCUT2D eigenvalue weighted by atomic mass is 9.84. The lowest BCUT2D eigenvalue weighted by Gasteiger charge is -2.43. The maximum Gasteiger partial charge on any atom is 0.243 e. The fraction of sp³-hybridized carbons (Fsp3) is 0.556. The Labute approximate surface area is 156 Å². The maximum atomic E-state index is 13.0. The zero-order chi connectivity index (χ0) is 18.7. The summed E-state index contributed by atoms with van der Waals surface area (Å²) in [7, 11) is 0. The van der Waals surface area contributed by atoms with Crippen molar-refractivity contribution >= 4 is 5.91 Å². The molecule has 2 saturated heterocycles. The number of amides is 1. The van der Waals surface area contributed by atoms with E-state index in [4.69, 9.17) is 9.47 Å². The van der Waals surface area contributed by atoms with E-state index < -0.39 is 0 Å². The van der Waals surface area contributed by atoms with E-state index in [1.165, 1.54) is 16.9 Å². The summed E-state index contributed by atoms with van der Waals surface area (Å²) < 4.78 is 24.4. The first-order valence-corrected chi connectivity index (χ1v) is 9.17. The van der Waals surface area contributed by atoms with Crippen LogP contribution < -0.4 is 5.32 Å². The molecule has 1 aromatic heterocycles. The number of halogens is 1. The first-order chi connectivity index (χ1) is 13.1. The van der Waals surface area contributed by atoms with Gasteiger partial charge in [-0.2, -0.15) is 4.80 Å². The molecule has 9 heteroatoms. The fourth-order valence-electron chi connectivity index (χ4n) is 3.67. The smallest absolute Gasteiger partial charge is 0.243 e. The van der Waals surface area contributed by atoms with Crippen LogP contribution in [-0.4, -0.2) is 57.6 Å². The minimum Gasteiger partial charge on any atom is -0.381 e. The molecular formula is C18H22FN5O3. The molecule has 1 amide bonds. The van der Waals surface area contributed by atoms with Crippen LogP contribution in [-0.2, 0) is 20.8 Å². The molecule has 2 aromatic rings. The zero-order valence-corrected chi connectivity index (χ0v) is 14.9. The van der Waals surface area contributed by atoms with Gasteiger partial charge in [-0.05, 0) is 55.2 Å². The number of tetrazole rings is 1. The van der Waals surface area contributed by atoms with Crippen LogP contribution in [0.3, 0.4) is 0 Å². The third kappa shape index (κ3) is 4.30. The van der Waals surface area contributed by atoms with Gasteiger partial charge in [-0.1, -0.05) is 0 Å². The molecule has 2 fully saturated rings. The average Bonchev–Trinajstić information content (AvgIpc) is 3.11. The molecule has 144 valence electrons. The second-order valence-corrected chi connectivity index (χ2v) is 7.05. The number of ether oxygens (including phenoxy) is 2. The molecule has 27 heavy (non-hydrogen) atoms. The van der Waals surface area contributed by atoms with Crippen LogP contribution in [0.2, 0.25) is 0 Å². The Kier molecular flexibility index (Phi) is 5.13. The van der Waals surface area contributed by atoms with Crippen LogP contribution in [0.5, 0.6) is 0 Å². The number of rotatable bonds is 4. The normalized spacial score (nSPS) is 21.9. The summed E-state index contributed by atoms with van der Waals surface area (Å²) in [6, 6.07) is 5.89. The van der Waals surface area contributed by atoms with Crippen LogP contribution in [0.25, 0.3) is 11.4 Å².